The van der Waals surface area contributed by atoms with Gasteiger partial charge >= 0.3 is 0 Å². The number of carbonyl (C=O) groups excluding carboxylic acids is 1. The molecule has 130 valence electrons. The van der Waals surface area contributed by atoms with Crippen LogP contribution < -0.4 is 5.73 Å². The molecule has 0 aromatic heterocycles. The van der Waals surface area contributed by atoms with Crippen molar-refractivity contribution in [3.8, 4) is 0 Å². The number of rotatable bonds is 5. The molecule has 0 spiro atoms. The van der Waals surface area contributed by atoms with E-state index < -0.39 is 11.6 Å². The van der Waals surface area contributed by atoms with Gasteiger partial charge in [0.2, 0.25) is 5.91 Å². The molecule has 1 aliphatic rings. The number of likely N-dealkylation sites (N-methyl/N-ethyl adjacent to an activating group) is 1. The molecule has 1 aromatic rings. The number of aliphatic hydroxyl groups is 1. The number of nitrogens with two attached hydrogens (primary N) is 1. The summed E-state index contributed by atoms with van der Waals surface area (Å²) in [4.78, 5) is 14.4. The number of hydrogen-bond donors (Lipinski definition) is 2. The maximum absolute atomic E-state index is 12.7. The van der Waals surface area contributed by atoms with Crippen LogP contribution in [0.2, 0.25) is 0 Å². The molecule has 1 unspecified atom stereocenters. The van der Waals surface area contributed by atoms with E-state index in [0.717, 1.165) is 11.1 Å². The number of hydrogen-bond acceptors (Lipinski definition) is 4. The van der Waals surface area contributed by atoms with E-state index in [-0.39, 0.29) is 24.9 Å². The Labute approximate surface area is 144 Å². The van der Waals surface area contributed by atoms with Gasteiger partial charge in [-0.15, -0.1) is 12.4 Å². The highest BCUT2D eigenvalue weighted by Gasteiger charge is 2.39. The summed E-state index contributed by atoms with van der Waals surface area (Å²) >= 11 is 0. The van der Waals surface area contributed by atoms with Gasteiger partial charge in [-0.25, -0.2) is 0 Å². The Morgan fingerprint density at radius 2 is 1.91 bits per heavy atom. The lowest BCUT2D eigenvalue weighted by Crippen LogP contribution is -2.58. The molecule has 5 nitrogen and oxygen atoms in total. The zero-order valence-corrected chi connectivity index (χ0v) is 14.6. The molecule has 2 rings (SSSR count). The normalized spacial score (nSPS) is 17.9. The fraction of sp³-hybridized carbons (Fsp3) is 0.588. The summed E-state index contributed by atoms with van der Waals surface area (Å²) in [6, 6.07) is 7.70. The molecule has 0 aliphatic carbocycles. The van der Waals surface area contributed by atoms with Gasteiger partial charge in [0.25, 0.3) is 0 Å². The van der Waals surface area contributed by atoms with Crippen LogP contribution in [0.3, 0.4) is 0 Å². The van der Waals surface area contributed by atoms with E-state index in [4.69, 9.17) is 10.5 Å². The van der Waals surface area contributed by atoms with Gasteiger partial charge < -0.3 is 20.5 Å². The van der Waals surface area contributed by atoms with E-state index in [9.17, 15) is 9.90 Å². The fourth-order valence-electron chi connectivity index (χ4n) is 2.72. The van der Waals surface area contributed by atoms with Crippen LogP contribution in [0.4, 0.5) is 0 Å². The first-order chi connectivity index (χ1) is 10.5. The lowest BCUT2D eigenvalue weighted by molar-refractivity contribution is -0.141. The Bertz CT molecular complexity index is 501. The molecule has 1 amide bonds. The van der Waals surface area contributed by atoms with Gasteiger partial charge in [-0.1, -0.05) is 29.8 Å². The van der Waals surface area contributed by atoms with Crippen molar-refractivity contribution in [2.75, 3.05) is 26.3 Å². The third-order valence-electron chi connectivity index (χ3n) is 4.34. The van der Waals surface area contributed by atoms with Crippen molar-refractivity contribution in [3.63, 3.8) is 0 Å². The van der Waals surface area contributed by atoms with Crippen LogP contribution in [0.1, 0.15) is 37.0 Å². The number of aliphatic hydroxyl groups excluding tert-OH is 1. The summed E-state index contributed by atoms with van der Waals surface area (Å²) in [6.45, 7) is 5.73. The number of amides is 1. The summed E-state index contributed by atoms with van der Waals surface area (Å²) in [6.07, 6.45) is 0.360. The van der Waals surface area contributed by atoms with Crippen molar-refractivity contribution >= 4 is 18.3 Å². The number of benzene rings is 1. The van der Waals surface area contributed by atoms with E-state index in [2.05, 4.69) is 0 Å². The molecule has 3 N–H and O–H groups in total. The largest absolute Gasteiger partial charge is 0.387 e. The topological polar surface area (TPSA) is 75.8 Å². The van der Waals surface area contributed by atoms with Gasteiger partial charge in [0.1, 0.15) is 0 Å². The number of nitrogens with zero attached hydrogens (tertiary/aromatic N) is 1. The van der Waals surface area contributed by atoms with Crippen molar-refractivity contribution in [2.24, 2.45) is 5.73 Å². The molecule has 0 bridgehead atoms. The molecule has 1 fully saturated rings. The molecule has 1 aromatic carbocycles. The van der Waals surface area contributed by atoms with E-state index in [1.54, 1.807) is 4.90 Å². The molecule has 1 aliphatic heterocycles. The van der Waals surface area contributed by atoms with E-state index in [0.29, 0.717) is 32.6 Å². The van der Waals surface area contributed by atoms with E-state index in [1.165, 1.54) is 0 Å². The smallest absolute Gasteiger partial charge is 0.242 e. The number of aryl methyl sites for hydroxylation is 1. The molecule has 1 heterocycles. The van der Waals surface area contributed by atoms with Crippen molar-refractivity contribution in [3.05, 3.63) is 35.4 Å². The molecular formula is C17H27ClN2O3. The van der Waals surface area contributed by atoms with E-state index >= 15 is 0 Å². The quantitative estimate of drug-likeness (QED) is 0.855. The lowest BCUT2D eigenvalue weighted by atomic mass is 9.89. The van der Waals surface area contributed by atoms with Gasteiger partial charge in [0.05, 0.1) is 18.2 Å². The van der Waals surface area contributed by atoms with Gasteiger partial charge in [0, 0.05) is 19.8 Å². The fourth-order valence-corrected chi connectivity index (χ4v) is 2.72. The Hall–Kier alpha value is -1.14. The van der Waals surface area contributed by atoms with Gasteiger partial charge in [-0.3, -0.25) is 4.79 Å². The van der Waals surface area contributed by atoms with Crippen molar-refractivity contribution in [2.45, 2.75) is 38.3 Å². The SMILES string of the molecule is CCN(CC(O)c1ccc(C)cc1)C(=O)C1(N)CCOCC1.Cl. The Morgan fingerprint density at radius 3 is 2.43 bits per heavy atom. The lowest BCUT2D eigenvalue weighted by Gasteiger charge is -2.37. The van der Waals surface area contributed by atoms with Crippen LogP contribution in [-0.2, 0) is 9.53 Å². The Morgan fingerprint density at radius 1 is 1.35 bits per heavy atom. The molecular weight excluding hydrogens is 316 g/mol. The van der Waals surface area contributed by atoms with Crippen molar-refractivity contribution < 1.29 is 14.6 Å². The predicted octanol–water partition coefficient (Wildman–Crippen LogP) is 1.81. The van der Waals surface area contributed by atoms with Crippen LogP contribution in [0, 0.1) is 6.92 Å². The zero-order chi connectivity index (χ0) is 16.2. The number of carbonyl (C=O) groups is 1. The molecule has 23 heavy (non-hydrogen) atoms. The maximum Gasteiger partial charge on any atom is 0.242 e. The molecule has 1 saturated heterocycles. The summed E-state index contributed by atoms with van der Waals surface area (Å²) in [5, 5.41) is 10.4. The summed E-state index contributed by atoms with van der Waals surface area (Å²) < 4.78 is 5.29. The summed E-state index contributed by atoms with van der Waals surface area (Å²) in [5.41, 5.74) is 7.36. The van der Waals surface area contributed by atoms with Gasteiger partial charge in [0.15, 0.2) is 0 Å². The second-order valence-corrected chi connectivity index (χ2v) is 6.04. The Balaban J connectivity index is 0.00000264. The highest BCUT2D eigenvalue weighted by molar-refractivity contribution is 5.86. The third-order valence-corrected chi connectivity index (χ3v) is 4.34. The van der Waals surface area contributed by atoms with Gasteiger partial charge in [-0.2, -0.15) is 0 Å². The van der Waals surface area contributed by atoms with Crippen molar-refractivity contribution in [1.82, 2.24) is 4.90 Å². The molecule has 0 radical (unpaired) electrons. The standard InChI is InChI=1S/C17H26N2O3.ClH/c1-3-19(16(21)17(18)8-10-22-11-9-17)12-15(20)14-6-4-13(2)5-7-14;/h4-7,15,20H,3,8-12,18H2,1-2H3;1H. The first-order valence-electron chi connectivity index (χ1n) is 7.87. The second-order valence-electron chi connectivity index (χ2n) is 6.04. The minimum Gasteiger partial charge on any atom is -0.387 e. The second kappa shape index (κ2) is 8.64. The molecule has 6 heteroatoms. The van der Waals surface area contributed by atoms with E-state index in [1.807, 2.05) is 38.1 Å². The summed E-state index contributed by atoms with van der Waals surface area (Å²) in [7, 11) is 0. The monoisotopic (exact) mass is 342 g/mol. The number of ether oxygens (including phenoxy) is 1. The average Bonchev–Trinajstić information content (AvgIpc) is 2.53. The first kappa shape index (κ1) is 19.9. The molecule has 1 atom stereocenters. The Kier molecular flexibility index (Phi) is 7.48. The first-order valence-corrected chi connectivity index (χ1v) is 7.87. The average molecular weight is 343 g/mol. The molecule has 0 saturated carbocycles. The highest BCUT2D eigenvalue weighted by atomic mass is 35.5. The van der Waals surface area contributed by atoms with Crippen LogP contribution in [0.25, 0.3) is 0 Å². The van der Waals surface area contributed by atoms with Crippen LogP contribution in [-0.4, -0.2) is 47.8 Å². The van der Waals surface area contributed by atoms with Crippen LogP contribution in [0.5, 0.6) is 0 Å². The minimum absolute atomic E-state index is 0. The minimum atomic E-state index is -0.860. The summed E-state index contributed by atoms with van der Waals surface area (Å²) in [5.74, 6) is -0.0931. The zero-order valence-electron chi connectivity index (χ0n) is 13.8. The number of halogens is 1. The maximum atomic E-state index is 12.7. The van der Waals surface area contributed by atoms with Gasteiger partial charge in [-0.05, 0) is 32.3 Å². The third kappa shape index (κ3) is 4.91. The van der Waals surface area contributed by atoms with Crippen LogP contribution >= 0.6 is 12.4 Å². The van der Waals surface area contributed by atoms with Crippen LogP contribution in [0.15, 0.2) is 24.3 Å². The highest BCUT2D eigenvalue weighted by Crippen LogP contribution is 2.22. The van der Waals surface area contributed by atoms with Crippen molar-refractivity contribution in [1.29, 1.82) is 0 Å². The predicted molar refractivity (Wildman–Crippen MR) is 92.6 cm³/mol.